The number of rotatable bonds is 7. The van der Waals surface area contributed by atoms with Gasteiger partial charge in [-0.15, -0.1) is 12.4 Å². The van der Waals surface area contributed by atoms with Crippen molar-refractivity contribution in [1.82, 2.24) is 4.90 Å². The minimum absolute atomic E-state index is 0. The Balaban J connectivity index is 0.00000400. The molecular formula is C16H27ClN2O2. The van der Waals surface area contributed by atoms with E-state index in [2.05, 4.69) is 0 Å². The fourth-order valence-corrected chi connectivity index (χ4v) is 2.06. The molecule has 1 aromatic rings. The third-order valence-electron chi connectivity index (χ3n) is 2.98. The van der Waals surface area contributed by atoms with E-state index in [0.717, 1.165) is 24.2 Å². The second-order valence-corrected chi connectivity index (χ2v) is 5.40. The Labute approximate surface area is 134 Å². The molecule has 0 aliphatic rings. The first-order valence-corrected chi connectivity index (χ1v) is 7.20. The van der Waals surface area contributed by atoms with Crippen LogP contribution in [0.15, 0.2) is 24.3 Å². The summed E-state index contributed by atoms with van der Waals surface area (Å²) >= 11 is 0. The maximum atomic E-state index is 12.1. The van der Waals surface area contributed by atoms with Gasteiger partial charge in [-0.1, -0.05) is 25.5 Å². The Morgan fingerprint density at radius 3 is 2.62 bits per heavy atom. The molecule has 21 heavy (non-hydrogen) atoms. The topological polar surface area (TPSA) is 55.6 Å². The van der Waals surface area contributed by atoms with Gasteiger partial charge in [-0.05, 0) is 38.0 Å². The number of nitrogens with two attached hydrogens (primary N) is 1. The molecule has 0 aromatic heterocycles. The Morgan fingerprint density at radius 1 is 1.38 bits per heavy atom. The molecule has 1 aromatic carbocycles. The van der Waals surface area contributed by atoms with Crippen molar-refractivity contribution in [2.75, 3.05) is 7.05 Å². The van der Waals surface area contributed by atoms with Crippen molar-refractivity contribution in [3.63, 3.8) is 0 Å². The summed E-state index contributed by atoms with van der Waals surface area (Å²) in [6.45, 7) is 6.56. The number of hydrogen-bond acceptors (Lipinski definition) is 3. The number of benzene rings is 1. The summed E-state index contributed by atoms with van der Waals surface area (Å²) in [5.41, 5.74) is 6.91. The van der Waals surface area contributed by atoms with E-state index in [1.54, 1.807) is 11.9 Å². The van der Waals surface area contributed by atoms with Gasteiger partial charge in [0.25, 0.3) is 0 Å². The van der Waals surface area contributed by atoms with Crippen LogP contribution < -0.4 is 10.5 Å². The number of likely N-dealkylation sites (N-methyl/N-ethyl adjacent to an activating group) is 1. The van der Waals surface area contributed by atoms with Gasteiger partial charge in [-0.3, -0.25) is 4.79 Å². The van der Waals surface area contributed by atoms with Crippen LogP contribution >= 0.6 is 12.4 Å². The van der Waals surface area contributed by atoms with E-state index in [1.165, 1.54) is 0 Å². The second-order valence-electron chi connectivity index (χ2n) is 5.40. The fourth-order valence-electron chi connectivity index (χ4n) is 2.06. The van der Waals surface area contributed by atoms with Crippen molar-refractivity contribution < 1.29 is 9.53 Å². The molecule has 0 radical (unpaired) electrons. The summed E-state index contributed by atoms with van der Waals surface area (Å²) in [6.07, 6.45) is 1.78. The van der Waals surface area contributed by atoms with Gasteiger partial charge in [0.2, 0.25) is 5.91 Å². The number of halogens is 1. The van der Waals surface area contributed by atoms with Crippen LogP contribution in [0.25, 0.3) is 0 Å². The summed E-state index contributed by atoms with van der Waals surface area (Å²) in [6, 6.07) is 7.42. The molecule has 0 saturated heterocycles. The van der Waals surface area contributed by atoms with Crippen molar-refractivity contribution in [1.29, 1.82) is 0 Å². The van der Waals surface area contributed by atoms with Crippen LogP contribution in [-0.4, -0.2) is 30.0 Å². The molecule has 120 valence electrons. The number of nitrogens with zero attached hydrogens (tertiary/aromatic N) is 1. The first kappa shape index (κ1) is 19.7. The van der Waals surface area contributed by atoms with Crippen LogP contribution in [0.2, 0.25) is 0 Å². The Morgan fingerprint density at radius 2 is 2.05 bits per heavy atom. The van der Waals surface area contributed by atoms with Gasteiger partial charge in [0, 0.05) is 13.6 Å². The lowest BCUT2D eigenvalue weighted by Crippen LogP contribution is -2.41. The van der Waals surface area contributed by atoms with Crippen LogP contribution in [0.5, 0.6) is 5.75 Å². The molecule has 5 heteroatoms. The van der Waals surface area contributed by atoms with Crippen molar-refractivity contribution in [3.05, 3.63) is 29.8 Å². The van der Waals surface area contributed by atoms with Crippen LogP contribution in [0.3, 0.4) is 0 Å². The van der Waals surface area contributed by atoms with Crippen LogP contribution in [0.1, 0.15) is 39.2 Å². The Kier molecular flexibility index (Phi) is 9.06. The number of ether oxygens (including phenoxy) is 1. The van der Waals surface area contributed by atoms with E-state index >= 15 is 0 Å². The largest absolute Gasteiger partial charge is 0.491 e. The molecule has 1 amide bonds. The number of carbonyl (C=O) groups excluding carboxylic acids is 1. The zero-order valence-electron chi connectivity index (χ0n) is 13.3. The molecule has 4 nitrogen and oxygen atoms in total. The monoisotopic (exact) mass is 314 g/mol. The number of hydrogen-bond donors (Lipinski definition) is 1. The second kappa shape index (κ2) is 9.64. The lowest BCUT2D eigenvalue weighted by molar-refractivity contribution is -0.132. The Bertz CT molecular complexity index is 438. The minimum atomic E-state index is -0.403. The summed E-state index contributed by atoms with van der Waals surface area (Å²) in [4.78, 5) is 13.7. The molecule has 0 aliphatic carbocycles. The highest BCUT2D eigenvalue weighted by atomic mass is 35.5. The SMILES string of the molecule is CCCC(N)C(=O)N(C)Cc1cccc(OC(C)C)c1.Cl. The molecule has 0 heterocycles. The molecule has 0 saturated carbocycles. The smallest absolute Gasteiger partial charge is 0.239 e. The summed E-state index contributed by atoms with van der Waals surface area (Å²) in [5.74, 6) is 0.818. The zero-order chi connectivity index (χ0) is 15.1. The molecule has 0 fully saturated rings. The summed E-state index contributed by atoms with van der Waals surface area (Å²) in [7, 11) is 1.79. The van der Waals surface area contributed by atoms with E-state index in [0.29, 0.717) is 6.54 Å². The van der Waals surface area contributed by atoms with E-state index < -0.39 is 6.04 Å². The highest BCUT2D eigenvalue weighted by molar-refractivity contribution is 5.85. The maximum Gasteiger partial charge on any atom is 0.239 e. The van der Waals surface area contributed by atoms with Crippen molar-refractivity contribution in [2.45, 2.75) is 52.3 Å². The third kappa shape index (κ3) is 6.82. The van der Waals surface area contributed by atoms with Gasteiger partial charge in [-0.2, -0.15) is 0 Å². The van der Waals surface area contributed by atoms with Gasteiger partial charge < -0.3 is 15.4 Å². The van der Waals surface area contributed by atoms with Crippen LogP contribution in [-0.2, 0) is 11.3 Å². The molecule has 0 bridgehead atoms. The molecule has 1 atom stereocenters. The molecule has 1 unspecified atom stereocenters. The molecule has 0 spiro atoms. The average molecular weight is 315 g/mol. The average Bonchev–Trinajstić information content (AvgIpc) is 2.37. The summed E-state index contributed by atoms with van der Waals surface area (Å²) < 4.78 is 5.65. The molecule has 0 aliphatic heterocycles. The molecule has 2 N–H and O–H groups in total. The molecule has 1 rings (SSSR count). The van der Waals surface area contributed by atoms with Crippen molar-refractivity contribution in [2.24, 2.45) is 5.73 Å². The number of amides is 1. The van der Waals surface area contributed by atoms with E-state index in [-0.39, 0.29) is 24.4 Å². The standard InChI is InChI=1S/C16H26N2O2.ClH/c1-5-7-15(17)16(19)18(4)11-13-8-6-9-14(10-13)20-12(2)3;/h6,8-10,12,15H,5,7,11,17H2,1-4H3;1H. The van der Waals surface area contributed by atoms with Gasteiger partial charge in [0.15, 0.2) is 0 Å². The van der Waals surface area contributed by atoms with Gasteiger partial charge in [0.1, 0.15) is 5.75 Å². The van der Waals surface area contributed by atoms with Crippen LogP contribution in [0.4, 0.5) is 0 Å². The highest BCUT2D eigenvalue weighted by Gasteiger charge is 2.17. The normalized spacial score (nSPS) is 11.7. The van der Waals surface area contributed by atoms with Gasteiger partial charge >= 0.3 is 0 Å². The fraction of sp³-hybridized carbons (Fsp3) is 0.562. The van der Waals surface area contributed by atoms with Gasteiger partial charge in [0.05, 0.1) is 12.1 Å². The Hall–Kier alpha value is -1.26. The maximum absolute atomic E-state index is 12.1. The lowest BCUT2D eigenvalue weighted by atomic mass is 10.1. The predicted octanol–water partition coefficient (Wildman–Crippen LogP) is 2.98. The first-order chi connectivity index (χ1) is 9.43. The van der Waals surface area contributed by atoms with Crippen molar-refractivity contribution in [3.8, 4) is 5.75 Å². The van der Waals surface area contributed by atoms with E-state index in [9.17, 15) is 4.79 Å². The van der Waals surface area contributed by atoms with E-state index in [4.69, 9.17) is 10.5 Å². The van der Waals surface area contributed by atoms with E-state index in [1.807, 2.05) is 45.0 Å². The third-order valence-corrected chi connectivity index (χ3v) is 2.98. The predicted molar refractivity (Wildman–Crippen MR) is 88.8 cm³/mol. The molecular weight excluding hydrogens is 288 g/mol. The quantitative estimate of drug-likeness (QED) is 0.841. The highest BCUT2D eigenvalue weighted by Crippen LogP contribution is 2.16. The van der Waals surface area contributed by atoms with Crippen LogP contribution in [0, 0.1) is 0 Å². The zero-order valence-corrected chi connectivity index (χ0v) is 14.2. The minimum Gasteiger partial charge on any atom is -0.491 e. The van der Waals surface area contributed by atoms with Crippen molar-refractivity contribution >= 4 is 18.3 Å². The number of carbonyl (C=O) groups is 1. The first-order valence-electron chi connectivity index (χ1n) is 7.20. The summed E-state index contributed by atoms with van der Waals surface area (Å²) in [5, 5.41) is 0. The lowest BCUT2D eigenvalue weighted by Gasteiger charge is -2.21. The van der Waals surface area contributed by atoms with Gasteiger partial charge in [-0.25, -0.2) is 0 Å².